The summed E-state index contributed by atoms with van der Waals surface area (Å²) in [6, 6.07) is 8.67. The second kappa shape index (κ2) is 5.14. The van der Waals surface area contributed by atoms with E-state index >= 15 is 0 Å². The summed E-state index contributed by atoms with van der Waals surface area (Å²) in [5.74, 6) is -2.69. The van der Waals surface area contributed by atoms with E-state index in [4.69, 9.17) is 10.2 Å². The Bertz CT molecular complexity index is 345. The summed E-state index contributed by atoms with van der Waals surface area (Å²) in [5.41, 5.74) is 0.645. The first-order valence-corrected chi connectivity index (χ1v) is 4.61. The van der Waals surface area contributed by atoms with Crippen LogP contribution in [0.5, 0.6) is 0 Å². The summed E-state index contributed by atoms with van der Waals surface area (Å²) >= 11 is 0. The zero-order valence-corrected chi connectivity index (χ0v) is 8.09. The molecule has 0 aromatic heterocycles. The van der Waals surface area contributed by atoms with Gasteiger partial charge in [-0.2, -0.15) is 0 Å². The minimum absolute atomic E-state index is 0.120. The third-order valence-corrected chi connectivity index (χ3v) is 2.15. The highest BCUT2D eigenvalue weighted by atomic mass is 16.4. The van der Waals surface area contributed by atoms with Gasteiger partial charge >= 0.3 is 11.9 Å². The number of rotatable bonds is 5. The van der Waals surface area contributed by atoms with E-state index in [0.29, 0.717) is 5.56 Å². The van der Waals surface area contributed by atoms with E-state index in [9.17, 15) is 9.59 Å². The van der Waals surface area contributed by atoms with Crippen molar-refractivity contribution in [2.45, 2.75) is 18.8 Å². The van der Waals surface area contributed by atoms with E-state index in [2.05, 4.69) is 0 Å². The Kier molecular flexibility index (Phi) is 3.85. The maximum Gasteiger partial charge on any atom is 0.310 e. The van der Waals surface area contributed by atoms with Gasteiger partial charge in [0.25, 0.3) is 0 Å². The van der Waals surface area contributed by atoms with Crippen molar-refractivity contribution in [3.8, 4) is 0 Å². The van der Waals surface area contributed by atoms with E-state index in [1.807, 2.05) is 0 Å². The summed E-state index contributed by atoms with van der Waals surface area (Å²) in [5, 5.41) is 17.4. The summed E-state index contributed by atoms with van der Waals surface area (Å²) in [4.78, 5) is 21.3. The summed E-state index contributed by atoms with van der Waals surface area (Å²) in [7, 11) is 0. The number of hydrogen-bond acceptors (Lipinski definition) is 2. The Morgan fingerprint density at radius 2 is 1.73 bits per heavy atom. The molecule has 0 heterocycles. The quantitative estimate of drug-likeness (QED) is 0.772. The number of benzene rings is 1. The molecule has 4 heteroatoms. The molecule has 0 aliphatic heterocycles. The number of aliphatic carboxylic acids is 2. The van der Waals surface area contributed by atoms with Crippen molar-refractivity contribution in [2.24, 2.45) is 0 Å². The lowest BCUT2D eigenvalue weighted by atomic mass is 9.94. The van der Waals surface area contributed by atoms with Crippen LogP contribution in [0.2, 0.25) is 0 Å². The van der Waals surface area contributed by atoms with E-state index in [-0.39, 0.29) is 12.8 Å². The fourth-order valence-corrected chi connectivity index (χ4v) is 1.39. The van der Waals surface area contributed by atoms with Crippen LogP contribution in [0.4, 0.5) is 0 Å². The zero-order valence-electron chi connectivity index (χ0n) is 8.09. The van der Waals surface area contributed by atoms with Crippen LogP contribution in [0, 0.1) is 0 Å². The van der Waals surface area contributed by atoms with Gasteiger partial charge in [-0.15, -0.1) is 0 Å². The Labute approximate surface area is 87.2 Å². The number of carboxylic acids is 2. The fourth-order valence-electron chi connectivity index (χ4n) is 1.39. The number of carbonyl (C=O) groups is 2. The Balaban J connectivity index is 2.75. The monoisotopic (exact) mass is 208 g/mol. The molecule has 0 fully saturated rings. The zero-order chi connectivity index (χ0) is 11.3. The van der Waals surface area contributed by atoms with Gasteiger partial charge in [0.2, 0.25) is 0 Å². The lowest BCUT2D eigenvalue weighted by Crippen LogP contribution is -2.13. The lowest BCUT2D eigenvalue weighted by molar-refractivity contribution is -0.140. The first-order valence-electron chi connectivity index (χ1n) is 4.61. The maximum absolute atomic E-state index is 10.9. The van der Waals surface area contributed by atoms with Crippen molar-refractivity contribution < 1.29 is 19.8 Å². The molecule has 4 nitrogen and oxygen atoms in total. The Morgan fingerprint density at radius 3 is 2.20 bits per heavy atom. The van der Waals surface area contributed by atoms with Crippen molar-refractivity contribution in [2.75, 3.05) is 0 Å². The second-order valence-corrected chi connectivity index (χ2v) is 3.23. The molecule has 0 aliphatic rings. The molecular formula is C11H12O4. The average Bonchev–Trinajstić information content (AvgIpc) is 2.18. The van der Waals surface area contributed by atoms with Gasteiger partial charge in [-0.05, 0) is 12.0 Å². The summed E-state index contributed by atoms with van der Waals surface area (Å²) in [6.45, 7) is 0. The molecule has 0 aliphatic carbocycles. The minimum atomic E-state index is -0.984. The molecule has 0 saturated carbocycles. The summed E-state index contributed by atoms with van der Waals surface area (Å²) < 4.78 is 0. The molecule has 80 valence electrons. The highest BCUT2D eigenvalue weighted by Gasteiger charge is 2.20. The SMILES string of the molecule is O=C(O)CCC(C(=O)O)c1ccccc1. The number of hydrogen-bond donors (Lipinski definition) is 2. The Morgan fingerprint density at radius 1 is 1.13 bits per heavy atom. The Hall–Kier alpha value is -1.84. The molecule has 0 saturated heterocycles. The van der Waals surface area contributed by atoms with Crippen LogP contribution in [0.3, 0.4) is 0 Å². The largest absolute Gasteiger partial charge is 0.481 e. The highest BCUT2D eigenvalue weighted by Crippen LogP contribution is 2.21. The standard InChI is InChI=1S/C11H12O4/c12-10(13)7-6-9(11(14)15)8-4-2-1-3-5-8/h1-5,9H,6-7H2,(H,12,13)(H,14,15). The first kappa shape index (κ1) is 11.2. The van der Waals surface area contributed by atoms with Gasteiger partial charge in [0.1, 0.15) is 0 Å². The number of carboxylic acid groups (broad SMARTS) is 2. The normalized spacial score (nSPS) is 12.0. The molecular weight excluding hydrogens is 196 g/mol. The van der Waals surface area contributed by atoms with Crippen molar-refractivity contribution in [3.63, 3.8) is 0 Å². The molecule has 0 radical (unpaired) electrons. The van der Waals surface area contributed by atoms with Crippen LogP contribution >= 0.6 is 0 Å². The second-order valence-electron chi connectivity index (χ2n) is 3.23. The molecule has 2 N–H and O–H groups in total. The predicted octanol–water partition coefficient (Wildman–Crippen LogP) is 1.72. The van der Waals surface area contributed by atoms with Gasteiger partial charge in [0.05, 0.1) is 5.92 Å². The average molecular weight is 208 g/mol. The van der Waals surface area contributed by atoms with Crippen LogP contribution in [0.25, 0.3) is 0 Å². The van der Waals surface area contributed by atoms with Crippen molar-refractivity contribution >= 4 is 11.9 Å². The summed E-state index contributed by atoms with van der Waals surface area (Å²) in [6.07, 6.45) is -0.0134. The molecule has 1 atom stereocenters. The van der Waals surface area contributed by atoms with E-state index in [1.165, 1.54) is 0 Å². The molecule has 1 aromatic rings. The maximum atomic E-state index is 10.9. The topological polar surface area (TPSA) is 74.6 Å². The van der Waals surface area contributed by atoms with Gasteiger partial charge in [0, 0.05) is 6.42 Å². The molecule has 0 spiro atoms. The van der Waals surface area contributed by atoms with Gasteiger partial charge in [-0.3, -0.25) is 9.59 Å². The fraction of sp³-hybridized carbons (Fsp3) is 0.273. The van der Waals surface area contributed by atoms with Gasteiger partial charge in [0.15, 0.2) is 0 Å². The van der Waals surface area contributed by atoms with Crippen LogP contribution in [0.15, 0.2) is 30.3 Å². The van der Waals surface area contributed by atoms with Crippen LogP contribution in [-0.2, 0) is 9.59 Å². The molecule has 15 heavy (non-hydrogen) atoms. The third-order valence-electron chi connectivity index (χ3n) is 2.15. The molecule has 0 amide bonds. The molecule has 1 rings (SSSR count). The predicted molar refractivity (Wildman–Crippen MR) is 53.7 cm³/mol. The molecule has 1 unspecified atom stereocenters. The molecule has 0 bridgehead atoms. The van der Waals surface area contributed by atoms with E-state index in [0.717, 1.165) is 0 Å². The van der Waals surface area contributed by atoms with Crippen LogP contribution in [0.1, 0.15) is 24.3 Å². The van der Waals surface area contributed by atoms with Gasteiger partial charge < -0.3 is 10.2 Å². The van der Waals surface area contributed by atoms with Crippen molar-refractivity contribution in [1.29, 1.82) is 0 Å². The van der Waals surface area contributed by atoms with Crippen LogP contribution in [-0.4, -0.2) is 22.2 Å². The van der Waals surface area contributed by atoms with E-state index in [1.54, 1.807) is 30.3 Å². The highest BCUT2D eigenvalue weighted by molar-refractivity contribution is 5.77. The smallest absolute Gasteiger partial charge is 0.310 e. The molecule has 1 aromatic carbocycles. The van der Waals surface area contributed by atoms with Gasteiger partial charge in [-0.25, -0.2) is 0 Å². The van der Waals surface area contributed by atoms with Crippen molar-refractivity contribution in [1.82, 2.24) is 0 Å². The van der Waals surface area contributed by atoms with Crippen LogP contribution < -0.4 is 0 Å². The van der Waals surface area contributed by atoms with Crippen molar-refractivity contribution in [3.05, 3.63) is 35.9 Å². The third kappa shape index (κ3) is 3.42. The first-order chi connectivity index (χ1) is 7.11. The van der Waals surface area contributed by atoms with Gasteiger partial charge in [-0.1, -0.05) is 30.3 Å². The van der Waals surface area contributed by atoms with E-state index < -0.39 is 17.9 Å². The lowest BCUT2D eigenvalue weighted by Gasteiger charge is -2.10. The minimum Gasteiger partial charge on any atom is -0.481 e.